The Labute approximate surface area is 116 Å². The van der Waals surface area contributed by atoms with Gasteiger partial charge in [0.2, 0.25) is 0 Å². The summed E-state index contributed by atoms with van der Waals surface area (Å²) >= 11 is 0. The van der Waals surface area contributed by atoms with Crippen LogP contribution >= 0.6 is 0 Å². The molecule has 1 aliphatic carbocycles. The SMILES string of the molecule is Nc1ccc(N(CCO)C2CCCC2)c(C(F)(F)F)c1. The predicted molar refractivity (Wildman–Crippen MR) is 72.5 cm³/mol. The first-order valence-electron chi connectivity index (χ1n) is 6.77. The molecule has 0 bridgehead atoms. The van der Waals surface area contributed by atoms with E-state index in [4.69, 9.17) is 10.8 Å². The van der Waals surface area contributed by atoms with Crippen LogP contribution in [0.25, 0.3) is 0 Å². The van der Waals surface area contributed by atoms with E-state index >= 15 is 0 Å². The first-order chi connectivity index (χ1) is 9.43. The van der Waals surface area contributed by atoms with Crippen molar-refractivity contribution in [2.45, 2.75) is 37.9 Å². The number of alkyl halides is 3. The van der Waals surface area contributed by atoms with Gasteiger partial charge in [0.05, 0.1) is 12.2 Å². The first-order valence-corrected chi connectivity index (χ1v) is 6.77. The second-order valence-electron chi connectivity index (χ2n) is 5.13. The fourth-order valence-electron chi connectivity index (χ4n) is 2.85. The molecule has 0 atom stereocenters. The summed E-state index contributed by atoms with van der Waals surface area (Å²) in [5, 5.41) is 9.16. The summed E-state index contributed by atoms with van der Waals surface area (Å²) in [6.45, 7) is 0.0375. The lowest BCUT2D eigenvalue weighted by atomic mass is 10.1. The quantitative estimate of drug-likeness (QED) is 0.837. The largest absolute Gasteiger partial charge is 0.418 e. The van der Waals surface area contributed by atoms with E-state index < -0.39 is 11.7 Å². The van der Waals surface area contributed by atoms with E-state index in [1.165, 1.54) is 12.1 Å². The van der Waals surface area contributed by atoms with E-state index in [9.17, 15) is 13.2 Å². The molecular weight excluding hydrogens is 269 g/mol. The minimum atomic E-state index is -4.45. The number of halogens is 3. The van der Waals surface area contributed by atoms with E-state index in [2.05, 4.69) is 0 Å². The Morgan fingerprint density at radius 3 is 2.45 bits per heavy atom. The van der Waals surface area contributed by atoms with Crippen LogP contribution in [-0.4, -0.2) is 24.3 Å². The number of nitrogens with two attached hydrogens (primary N) is 1. The Morgan fingerprint density at radius 2 is 1.90 bits per heavy atom. The Kier molecular flexibility index (Phi) is 4.42. The van der Waals surface area contributed by atoms with Crippen LogP contribution in [0.15, 0.2) is 18.2 Å². The van der Waals surface area contributed by atoms with Crippen molar-refractivity contribution in [1.29, 1.82) is 0 Å². The molecule has 0 aromatic heterocycles. The van der Waals surface area contributed by atoms with Crippen molar-refractivity contribution in [1.82, 2.24) is 0 Å². The maximum Gasteiger partial charge on any atom is 0.418 e. The summed E-state index contributed by atoms with van der Waals surface area (Å²) in [5.74, 6) is 0. The summed E-state index contributed by atoms with van der Waals surface area (Å²) in [6.07, 6.45) is -0.688. The molecule has 3 nitrogen and oxygen atoms in total. The van der Waals surface area contributed by atoms with Crippen molar-refractivity contribution in [3.05, 3.63) is 23.8 Å². The second kappa shape index (κ2) is 5.91. The zero-order valence-electron chi connectivity index (χ0n) is 11.2. The third kappa shape index (κ3) is 3.17. The maximum absolute atomic E-state index is 13.2. The number of hydrogen-bond donors (Lipinski definition) is 2. The molecule has 2 rings (SSSR count). The van der Waals surface area contributed by atoms with Crippen LogP contribution in [-0.2, 0) is 6.18 Å². The van der Waals surface area contributed by atoms with Crippen LogP contribution in [0.5, 0.6) is 0 Å². The molecule has 0 unspecified atom stereocenters. The van der Waals surface area contributed by atoms with E-state index in [1.807, 2.05) is 0 Å². The Bertz CT molecular complexity index is 456. The van der Waals surface area contributed by atoms with E-state index in [0.29, 0.717) is 0 Å². The highest BCUT2D eigenvalue weighted by molar-refractivity contribution is 5.61. The molecule has 0 spiro atoms. The summed E-state index contributed by atoms with van der Waals surface area (Å²) < 4.78 is 39.5. The number of nitrogen functional groups attached to an aromatic ring is 1. The third-order valence-electron chi connectivity index (χ3n) is 3.74. The van der Waals surface area contributed by atoms with Crippen LogP contribution in [0.4, 0.5) is 24.5 Å². The number of aliphatic hydroxyl groups excluding tert-OH is 1. The van der Waals surface area contributed by atoms with Crippen LogP contribution in [0.3, 0.4) is 0 Å². The molecule has 20 heavy (non-hydrogen) atoms. The molecule has 0 aliphatic heterocycles. The third-order valence-corrected chi connectivity index (χ3v) is 3.74. The molecule has 1 fully saturated rings. The molecule has 3 N–H and O–H groups in total. The highest BCUT2D eigenvalue weighted by Gasteiger charge is 2.36. The van der Waals surface area contributed by atoms with Crippen molar-refractivity contribution in [3.63, 3.8) is 0 Å². The van der Waals surface area contributed by atoms with Gasteiger partial charge in [-0.2, -0.15) is 13.2 Å². The summed E-state index contributed by atoms with van der Waals surface area (Å²) in [6, 6.07) is 3.91. The summed E-state index contributed by atoms with van der Waals surface area (Å²) in [4.78, 5) is 1.68. The molecule has 6 heteroatoms. The van der Waals surface area contributed by atoms with E-state index in [1.54, 1.807) is 4.90 Å². The lowest BCUT2D eigenvalue weighted by Gasteiger charge is -2.32. The predicted octanol–water partition coefficient (Wildman–Crippen LogP) is 3.03. The van der Waals surface area contributed by atoms with Gasteiger partial charge in [0.25, 0.3) is 0 Å². The van der Waals surface area contributed by atoms with Crippen LogP contribution in [0, 0.1) is 0 Å². The van der Waals surface area contributed by atoms with Gasteiger partial charge in [-0.25, -0.2) is 0 Å². The molecule has 1 aliphatic rings. The summed E-state index contributed by atoms with van der Waals surface area (Å²) in [5.41, 5.74) is 4.97. The number of nitrogens with zero attached hydrogens (tertiary/aromatic N) is 1. The zero-order valence-corrected chi connectivity index (χ0v) is 11.2. The molecule has 0 saturated heterocycles. The number of rotatable bonds is 4. The molecule has 112 valence electrons. The van der Waals surface area contributed by atoms with Gasteiger partial charge in [-0.05, 0) is 31.0 Å². The van der Waals surface area contributed by atoms with Gasteiger partial charge in [0.15, 0.2) is 0 Å². The van der Waals surface area contributed by atoms with Crippen molar-refractivity contribution >= 4 is 11.4 Å². The van der Waals surface area contributed by atoms with E-state index in [0.717, 1.165) is 31.7 Å². The smallest absolute Gasteiger partial charge is 0.399 e. The highest BCUT2D eigenvalue weighted by Crippen LogP contribution is 2.40. The lowest BCUT2D eigenvalue weighted by Crippen LogP contribution is -2.37. The van der Waals surface area contributed by atoms with Crippen molar-refractivity contribution in [2.75, 3.05) is 23.8 Å². The summed E-state index contributed by atoms with van der Waals surface area (Å²) in [7, 11) is 0. The monoisotopic (exact) mass is 288 g/mol. The number of hydrogen-bond acceptors (Lipinski definition) is 3. The fraction of sp³-hybridized carbons (Fsp3) is 0.571. The van der Waals surface area contributed by atoms with Crippen LogP contribution in [0.1, 0.15) is 31.2 Å². The lowest BCUT2D eigenvalue weighted by molar-refractivity contribution is -0.137. The van der Waals surface area contributed by atoms with Gasteiger partial charge in [0, 0.05) is 24.0 Å². The van der Waals surface area contributed by atoms with Crippen molar-refractivity contribution < 1.29 is 18.3 Å². The van der Waals surface area contributed by atoms with Gasteiger partial charge in [0.1, 0.15) is 0 Å². The van der Waals surface area contributed by atoms with Crippen LogP contribution in [0.2, 0.25) is 0 Å². The Morgan fingerprint density at radius 1 is 1.25 bits per heavy atom. The normalized spacial score (nSPS) is 16.6. The molecule has 1 saturated carbocycles. The molecule has 0 heterocycles. The minimum absolute atomic E-state index is 0.0619. The van der Waals surface area contributed by atoms with Gasteiger partial charge in [-0.15, -0.1) is 0 Å². The van der Waals surface area contributed by atoms with Crippen molar-refractivity contribution in [2.24, 2.45) is 0 Å². The first kappa shape index (κ1) is 15.0. The maximum atomic E-state index is 13.2. The highest BCUT2D eigenvalue weighted by atomic mass is 19.4. The Balaban J connectivity index is 2.41. The minimum Gasteiger partial charge on any atom is -0.399 e. The van der Waals surface area contributed by atoms with Crippen LogP contribution < -0.4 is 10.6 Å². The average molecular weight is 288 g/mol. The van der Waals surface area contributed by atoms with Gasteiger partial charge < -0.3 is 15.7 Å². The number of benzene rings is 1. The van der Waals surface area contributed by atoms with E-state index in [-0.39, 0.29) is 30.6 Å². The molecular formula is C14H19F3N2O. The van der Waals surface area contributed by atoms with Gasteiger partial charge in [-0.1, -0.05) is 12.8 Å². The van der Waals surface area contributed by atoms with Gasteiger partial charge >= 0.3 is 6.18 Å². The zero-order chi connectivity index (χ0) is 14.8. The molecule has 0 amide bonds. The van der Waals surface area contributed by atoms with Crippen molar-refractivity contribution in [3.8, 4) is 0 Å². The average Bonchev–Trinajstić information content (AvgIpc) is 2.89. The standard InChI is InChI=1S/C14H19F3N2O/c15-14(16,17)12-9-10(18)5-6-13(12)19(7-8-20)11-3-1-2-4-11/h5-6,9,11,20H,1-4,7-8,18H2. The molecule has 1 aromatic rings. The molecule has 1 aromatic carbocycles. The molecule has 0 radical (unpaired) electrons. The topological polar surface area (TPSA) is 49.5 Å². The Hall–Kier alpha value is -1.43. The number of anilines is 2. The number of aliphatic hydroxyl groups is 1. The second-order valence-corrected chi connectivity index (χ2v) is 5.13. The fourth-order valence-corrected chi connectivity index (χ4v) is 2.85. The van der Waals surface area contributed by atoms with Gasteiger partial charge in [-0.3, -0.25) is 0 Å².